The fourth-order valence-electron chi connectivity index (χ4n) is 1.05. The first-order valence-corrected chi connectivity index (χ1v) is 4.25. The Balaban J connectivity index is 2.52. The number of rotatable bonds is 3. The Hall–Kier alpha value is -0.830. The second kappa shape index (κ2) is 3.72. The fourth-order valence-corrected chi connectivity index (χ4v) is 1.05. The Morgan fingerprint density at radius 1 is 1.58 bits per heavy atom. The highest BCUT2D eigenvalue weighted by Crippen LogP contribution is 2.08. The topological polar surface area (TPSA) is 38.1 Å². The molecule has 0 aliphatic rings. The SMILES string of the molecule is CC(C)C(O)Cc1cnn(C)c1. The van der Waals surface area contributed by atoms with Crippen molar-refractivity contribution in [2.24, 2.45) is 13.0 Å². The van der Waals surface area contributed by atoms with E-state index >= 15 is 0 Å². The lowest BCUT2D eigenvalue weighted by Gasteiger charge is -2.12. The molecule has 3 heteroatoms. The van der Waals surface area contributed by atoms with Crippen LogP contribution in [0.15, 0.2) is 12.4 Å². The minimum atomic E-state index is -0.255. The summed E-state index contributed by atoms with van der Waals surface area (Å²) >= 11 is 0. The van der Waals surface area contributed by atoms with E-state index in [1.165, 1.54) is 0 Å². The van der Waals surface area contributed by atoms with Gasteiger partial charge in [-0.2, -0.15) is 5.10 Å². The summed E-state index contributed by atoms with van der Waals surface area (Å²) in [6, 6.07) is 0. The Bertz CT molecular complexity index is 242. The summed E-state index contributed by atoms with van der Waals surface area (Å²) in [5.41, 5.74) is 1.10. The fraction of sp³-hybridized carbons (Fsp3) is 0.667. The molecule has 0 radical (unpaired) electrons. The molecule has 0 saturated carbocycles. The van der Waals surface area contributed by atoms with Gasteiger partial charge in [0, 0.05) is 19.7 Å². The molecule has 0 fully saturated rings. The second-order valence-corrected chi connectivity index (χ2v) is 3.54. The quantitative estimate of drug-likeness (QED) is 0.730. The maximum Gasteiger partial charge on any atom is 0.0604 e. The van der Waals surface area contributed by atoms with E-state index in [-0.39, 0.29) is 6.10 Å². The highest BCUT2D eigenvalue weighted by molar-refractivity contribution is 5.05. The van der Waals surface area contributed by atoms with Crippen molar-refractivity contribution in [2.45, 2.75) is 26.4 Å². The molecule has 0 bridgehead atoms. The molecule has 1 rings (SSSR count). The summed E-state index contributed by atoms with van der Waals surface area (Å²) in [6.07, 6.45) is 4.18. The highest BCUT2D eigenvalue weighted by atomic mass is 16.3. The third kappa shape index (κ3) is 2.34. The molecule has 3 nitrogen and oxygen atoms in total. The minimum Gasteiger partial charge on any atom is -0.393 e. The molecule has 1 unspecified atom stereocenters. The Morgan fingerprint density at radius 3 is 2.67 bits per heavy atom. The lowest BCUT2D eigenvalue weighted by Crippen LogP contribution is -2.17. The Morgan fingerprint density at radius 2 is 2.25 bits per heavy atom. The first kappa shape index (κ1) is 9.26. The van der Waals surface area contributed by atoms with E-state index in [1.807, 2.05) is 27.1 Å². The van der Waals surface area contributed by atoms with Crippen LogP contribution in [0, 0.1) is 5.92 Å². The van der Waals surface area contributed by atoms with E-state index in [4.69, 9.17) is 0 Å². The van der Waals surface area contributed by atoms with Gasteiger partial charge in [0.1, 0.15) is 0 Å². The molecule has 68 valence electrons. The van der Waals surface area contributed by atoms with Gasteiger partial charge >= 0.3 is 0 Å². The van der Waals surface area contributed by atoms with E-state index in [9.17, 15) is 5.11 Å². The number of hydrogen-bond acceptors (Lipinski definition) is 2. The summed E-state index contributed by atoms with van der Waals surface area (Å²) in [5.74, 6) is 0.310. The second-order valence-electron chi connectivity index (χ2n) is 3.54. The predicted octanol–water partition coefficient (Wildman–Crippen LogP) is 0.980. The molecule has 12 heavy (non-hydrogen) atoms. The van der Waals surface area contributed by atoms with Crippen LogP contribution in [0.5, 0.6) is 0 Å². The summed E-state index contributed by atoms with van der Waals surface area (Å²) in [4.78, 5) is 0. The number of aliphatic hydroxyl groups excluding tert-OH is 1. The third-order valence-corrected chi connectivity index (χ3v) is 1.97. The maximum atomic E-state index is 9.55. The molecule has 0 aliphatic heterocycles. The van der Waals surface area contributed by atoms with Crippen LogP contribution in [0.2, 0.25) is 0 Å². The summed E-state index contributed by atoms with van der Waals surface area (Å²) in [7, 11) is 1.88. The highest BCUT2D eigenvalue weighted by Gasteiger charge is 2.10. The van der Waals surface area contributed by atoms with Crippen LogP contribution in [0.4, 0.5) is 0 Å². The largest absolute Gasteiger partial charge is 0.393 e. The molecule has 1 atom stereocenters. The summed E-state index contributed by atoms with van der Waals surface area (Å²) in [5, 5.41) is 13.6. The summed E-state index contributed by atoms with van der Waals surface area (Å²) < 4.78 is 1.75. The Kier molecular flexibility index (Phi) is 2.87. The molecule has 0 spiro atoms. The van der Waals surface area contributed by atoms with Crippen molar-refractivity contribution in [1.82, 2.24) is 9.78 Å². The van der Waals surface area contributed by atoms with Gasteiger partial charge in [-0.15, -0.1) is 0 Å². The first-order chi connectivity index (χ1) is 5.59. The van der Waals surface area contributed by atoms with Crippen molar-refractivity contribution < 1.29 is 5.11 Å². The van der Waals surface area contributed by atoms with Crippen molar-refractivity contribution in [3.8, 4) is 0 Å². The number of aryl methyl sites for hydroxylation is 1. The molecule has 1 N–H and O–H groups in total. The Labute approximate surface area is 73.0 Å². The number of nitrogens with zero attached hydrogens (tertiary/aromatic N) is 2. The average Bonchev–Trinajstić information content (AvgIpc) is 2.35. The van der Waals surface area contributed by atoms with E-state index in [0.29, 0.717) is 12.3 Å². The van der Waals surface area contributed by atoms with Gasteiger partial charge in [-0.25, -0.2) is 0 Å². The van der Waals surface area contributed by atoms with E-state index in [1.54, 1.807) is 10.9 Å². The number of aromatic nitrogens is 2. The van der Waals surface area contributed by atoms with Crippen molar-refractivity contribution in [1.29, 1.82) is 0 Å². The number of hydrogen-bond donors (Lipinski definition) is 1. The maximum absolute atomic E-state index is 9.55. The third-order valence-electron chi connectivity index (χ3n) is 1.97. The number of aliphatic hydroxyl groups is 1. The van der Waals surface area contributed by atoms with Crippen LogP contribution in [0.1, 0.15) is 19.4 Å². The van der Waals surface area contributed by atoms with Crippen LogP contribution in [-0.2, 0) is 13.5 Å². The van der Waals surface area contributed by atoms with Gasteiger partial charge in [-0.3, -0.25) is 4.68 Å². The standard InChI is InChI=1S/C9H16N2O/c1-7(2)9(12)4-8-5-10-11(3)6-8/h5-7,9,12H,4H2,1-3H3. The van der Waals surface area contributed by atoms with Gasteiger partial charge in [0.25, 0.3) is 0 Å². The first-order valence-electron chi connectivity index (χ1n) is 4.25. The van der Waals surface area contributed by atoms with Gasteiger partial charge in [-0.05, 0) is 11.5 Å². The smallest absolute Gasteiger partial charge is 0.0604 e. The van der Waals surface area contributed by atoms with Crippen molar-refractivity contribution in [3.63, 3.8) is 0 Å². The van der Waals surface area contributed by atoms with Crippen molar-refractivity contribution >= 4 is 0 Å². The van der Waals surface area contributed by atoms with Gasteiger partial charge in [0.05, 0.1) is 12.3 Å². The molecule has 1 aromatic heterocycles. The predicted molar refractivity (Wildman–Crippen MR) is 47.8 cm³/mol. The van der Waals surface area contributed by atoms with Crippen LogP contribution >= 0.6 is 0 Å². The average molecular weight is 168 g/mol. The molecule has 0 aliphatic carbocycles. The van der Waals surface area contributed by atoms with Gasteiger partial charge in [0.15, 0.2) is 0 Å². The monoisotopic (exact) mass is 168 g/mol. The van der Waals surface area contributed by atoms with Crippen LogP contribution in [0.25, 0.3) is 0 Å². The van der Waals surface area contributed by atoms with Gasteiger partial charge < -0.3 is 5.11 Å². The molecular weight excluding hydrogens is 152 g/mol. The molecule has 0 amide bonds. The molecule has 1 aromatic rings. The zero-order valence-corrected chi connectivity index (χ0v) is 7.86. The lowest BCUT2D eigenvalue weighted by atomic mass is 10.0. The molecular formula is C9H16N2O. The summed E-state index contributed by atoms with van der Waals surface area (Å²) in [6.45, 7) is 4.03. The van der Waals surface area contributed by atoms with Gasteiger partial charge in [-0.1, -0.05) is 13.8 Å². The van der Waals surface area contributed by atoms with Crippen molar-refractivity contribution in [3.05, 3.63) is 18.0 Å². The van der Waals surface area contributed by atoms with Crippen LogP contribution < -0.4 is 0 Å². The van der Waals surface area contributed by atoms with Crippen LogP contribution in [-0.4, -0.2) is 21.0 Å². The van der Waals surface area contributed by atoms with E-state index in [0.717, 1.165) is 5.56 Å². The van der Waals surface area contributed by atoms with E-state index in [2.05, 4.69) is 5.10 Å². The van der Waals surface area contributed by atoms with Crippen LogP contribution in [0.3, 0.4) is 0 Å². The zero-order chi connectivity index (χ0) is 9.14. The van der Waals surface area contributed by atoms with Gasteiger partial charge in [0.2, 0.25) is 0 Å². The lowest BCUT2D eigenvalue weighted by molar-refractivity contribution is 0.125. The molecule has 0 aromatic carbocycles. The molecule has 0 saturated heterocycles. The van der Waals surface area contributed by atoms with Crippen molar-refractivity contribution in [2.75, 3.05) is 0 Å². The normalized spacial score (nSPS) is 13.8. The van der Waals surface area contributed by atoms with E-state index < -0.39 is 0 Å². The minimum absolute atomic E-state index is 0.255. The zero-order valence-electron chi connectivity index (χ0n) is 7.86. The molecule has 1 heterocycles.